The first-order valence-corrected chi connectivity index (χ1v) is 7.22. The van der Waals surface area contributed by atoms with Gasteiger partial charge in [-0.1, -0.05) is 45.0 Å². The molecular formula is C18H25NO. The van der Waals surface area contributed by atoms with Gasteiger partial charge in [0.2, 0.25) is 0 Å². The van der Waals surface area contributed by atoms with Crippen molar-refractivity contribution in [2.75, 3.05) is 7.05 Å². The highest BCUT2D eigenvalue weighted by molar-refractivity contribution is 5.29. The van der Waals surface area contributed by atoms with Crippen LogP contribution in [0, 0.1) is 6.92 Å². The Morgan fingerprint density at radius 1 is 1.10 bits per heavy atom. The number of rotatable bonds is 4. The Morgan fingerprint density at radius 2 is 1.75 bits per heavy atom. The van der Waals surface area contributed by atoms with Crippen LogP contribution < -0.4 is 5.32 Å². The Bertz CT molecular complexity index is 546. The Labute approximate surface area is 122 Å². The molecule has 0 spiro atoms. The lowest BCUT2D eigenvalue weighted by Gasteiger charge is -2.20. The van der Waals surface area contributed by atoms with Gasteiger partial charge in [-0.3, -0.25) is 0 Å². The van der Waals surface area contributed by atoms with Gasteiger partial charge in [0, 0.05) is 0 Å². The van der Waals surface area contributed by atoms with Gasteiger partial charge in [0.05, 0.1) is 12.3 Å². The molecule has 1 atom stereocenters. The monoisotopic (exact) mass is 271 g/mol. The average Bonchev–Trinajstić information content (AvgIpc) is 2.82. The Hall–Kier alpha value is -1.54. The fraction of sp³-hybridized carbons (Fsp3) is 0.444. The van der Waals surface area contributed by atoms with Crippen LogP contribution in [0.3, 0.4) is 0 Å². The third-order valence-electron chi connectivity index (χ3n) is 3.83. The second-order valence-electron chi connectivity index (χ2n) is 6.46. The molecule has 0 aliphatic heterocycles. The number of nitrogens with one attached hydrogen (secondary N) is 1. The van der Waals surface area contributed by atoms with Crippen molar-refractivity contribution in [2.45, 2.75) is 45.6 Å². The van der Waals surface area contributed by atoms with Crippen molar-refractivity contribution in [1.82, 2.24) is 5.32 Å². The minimum atomic E-state index is 0.207. The lowest BCUT2D eigenvalue weighted by Crippen LogP contribution is -2.19. The first-order valence-electron chi connectivity index (χ1n) is 7.22. The highest BCUT2D eigenvalue weighted by Gasteiger charge is 2.17. The smallest absolute Gasteiger partial charge is 0.123 e. The maximum absolute atomic E-state index is 5.61. The topological polar surface area (TPSA) is 25.2 Å². The van der Waals surface area contributed by atoms with Gasteiger partial charge in [-0.05, 0) is 48.6 Å². The Kier molecular flexibility index (Phi) is 4.34. The molecule has 1 aromatic heterocycles. The Morgan fingerprint density at radius 3 is 2.20 bits per heavy atom. The largest absolute Gasteiger partial charge is 0.467 e. The van der Waals surface area contributed by atoms with Crippen LogP contribution in [-0.4, -0.2) is 7.05 Å². The molecule has 1 aromatic carbocycles. The van der Waals surface area contributed by atoms with E-state index < -0.39 is 0 Å². The number of hydrogen-bond acceptors (Lipinski definition) is 2. The van der Waals surface area contributed by atoms with Gasteiger partial charge in [0.25, 0.3) is 0 Å². The molecule has 0 amide bonds. The second kappa shape index (κ2) is 5.84. The zero-order valence-corrected chi connectivity index (χ0v) is 13.2. The fourth-order valence-corrected chi connectivity index (χ4v) is 2.44. The Balaban J connectivity index is 2.15. The zero-order chi connectivity index (χ0) is 14.8. The van der Waals surface area contributed by atoms with Gasteiger partial charge in [0.1, 0.15) is 5.76 Å². The van der Waals surface area contributed by atoms with Crippen LogP contribution in [-0.2, 0) is 11.8 Å². The van der Waals surface area contributed by atoms with Crippen LogP contribution in [0.15, 0.2) is 41.0 Å². The van der Waals surface area contributed by atoms with Crippen molar-refractivity contribution < 1.29 is 4.42 Å². The molecule has 1 N–H and O–H groups in total. The van der Waals surface area contributed by atoms with Crippen LogP contribution in [0.4, 0.5) is 0 Å². The minimum Gasteiger partial charge on any atom is -0.467 e. The lowest BCUT2D eigenvalue weighted by molar-refractivity contribution is 0.426. The van der Waals surface area contributed by atoms with Crippen LogP contribution in [0.5, 0.6) is 0 Å². The van der Waals surface area contributed by atoms with Crippen LogP contribution in [0.2, 0.25) is 0 Å². The van der Waals surface area contributed by atoms with Gasteiger partial charge in [0.15, 0.2) is 0 Å². The fourth-order valence-electron chi connectivity index (χ4n) is 2.44. The maximum Gasteiger partial charge on any atom is 0.123 e. The number of likely N-dealkylation sites (N-methyl/N-ethyl adjacent to an activating group) is 1. The van der Waals surface area contributed by atoms with E-state index in [0.717, 1.165) is 12.2 Å². The summed E-state index contributed by atoms with van der Waals surface area (Å²) in [6.07, 6.45) is 2.70. The highest BCUT2D eigenvalue weighted by atomic mass is 16.3. The lowest BCUT2D eigenvalue weighted by atomic mass is 9.86. The van der Waals surface area contributed by atoms with E-state index in [4.69, 9.17) is 4.42 Å². The van der Waals surface area contributed by atoms with Crippen LogP contribution in [0.1, 0.15) is 49.3 Å². The van der Waals surface area contributed by atoms with Gasteiger partial charge in [-0.25, -0.2) is 0 Å². The third-order valence-corrected chi connectivity index (χ3v) is 3.83. The van der Waals surface area contributed by atoms with Crippen molar-refractivity contribution in [2.24, 2.45) is 0 Å². The molecule has 0 radical (unpaired) electrons. The van der Waals surface area contributed by atoms with Gasteiger partial charge in [-0.15, -0.1) is 0 Å². The van der Waals surface area contributed by atoms with E-state index in [1.807, 2.05) is 13.1 Å². The van der Waals surface area contributed by atoms with Crippen molar-refractivity contribution >= 4 is 0 Å². The van der Waals surface area contributed by atoms with E-state index in [1.165, 1.54) is 16.7 Å². The van der Waals surface area contributed by atoms with E-state index >= 15 is 0 Å². The maximum atomic E-state index is 5.61. The predicted molar refractivity (Wildman–Crippen MR) is 84.1 cm³/mol. The van der Waals surface area contributed by atoms with E-state index in [9.17, 15) is 0 Å². The summed E-state index contributed by atoms with van der Waals surface area (Å²) in [5, 5.41) is 3.34. The predicted octanol–water partition coefficient (Wildman–Crippen LogP) is 4.39. The van der Waals surface area contributed by atoms with Crippen molar-refractivity contribution in [3.8, 4) is 0 Å². The number of furan rings is 1. The standard InChI is InChI=1S/C18H25NO/c1-13-10-11-20-17(13)16(19-5)12-14-6-8-15(9-7-14)18(2,3)4/h6-11,16,19H,12H2,1-5H3. The molecule has 0 fully saturated rings. The van der Waals surface area contributed by atoms with Crippen molar-refractivity contribution in [3.63, 3.8) is 0 Å². The second-order valence-corrected chi connectivity index (χ2v) is 6.46. The molecule has 1 heterocycles. The molecule has 0 bridgehead atoms. The third kappa shape index (κ3) is 3.31. The molecule has 2 rings (SSSR count). The molecule has 2 nitrogen and oxygen atoms in total. The molecule has 108 valence electrons. The van der Waals surface area contributed by atoms with Gasteiger partial charge in [-0.2, -0.15) is 0 Å². The van der Waals surface area contributed by atoms with Crippen molar-refractivity contribution in [3.05, 3.63) is 59.0 Å². The number of aryl methyl sites for hydroxylation is 1. The quantitative estimate of drug-likeness (QED) is 0.892. The summed E-state index contributed by atoms with van der Waals surface area (Å²) < 4.78 is 5.61. The number of hydrogen-bond donors (Lipinski definition) is 1. The SMILES string of the molecule is CNC(Cc1ccc(C(C)(C)C)cc1)c1occc1C. The van der Waals surface area contributed by atoms with Crippen molar-refractivity contribution in [1.29, 1.82) is 0 Å². The zero-order valence-electron chi connectivity index (χ0n) is 13.2. The van der Waals surface area contributed by atoms with Crippen LogP contribution >= 0.6 is 0 Å². The number of benzene rings is 1. The summed E-state index contributed by atoms with van der Waals surface area (Å²) in [7, 11) is 1.98. The summed E-state index contributed by atoms with van der Waals surface area (Å²) in [5.41, 5.74) is 4.11. The first-order chi connectivity index (χ1) is 9.41. The van der Waals surface area contributed by atoms with Gasteiger partial charge < -0.3 is 9.73 Å². The first kappa shape index (κ1) is 14.9. The summed E-state index contributed by atoms with van der Waals surface area (Å²) in [4.78, 5) is 0. The van der Waals surface area contributed by atoms with Crippen LogP contribution in [0.25, 0.3) is 0 Å². The molecule has 2 aromatic rings. The van der Waals surface area contributed by atoms with E-state index in [2.05, 4.69) is 57.3 Å². The molecular weight excluding hydrogens is 246 g/mol. The average molecular weight is 271 g/mol. The molecule has 0 saturated heterocycles. The van der Waals surface area contributed by atoms with Gasteiger partial charge >= 0.3 is 0 Å². The summed E-state index contributed by atoms with van der Waals surface area (Å²) >= 11 is 0. The molecule has 0 aliphatic carbocycles. The molecule has 2 heteroatoms. The molecule has 0 aliphatic rings. The molecule has 1 unspecified atom stereocenters. The highest BCUT2D eigenvalue weighted by Crippen LogP contribution is 2.25. The van der Waals surface area contributed by atoms with E-state index in [-0.39, 0.29) is 11.5 Å². The normalized spacial score (nSPS) is 13.4. The van der Waals surface area contributed by atoms with E-state index in [1.54, 1.807) is 6.26 Å². The molecule has 0 saturated carbocycles. The summed E-state index contributed by atoms with van der Waals surface area (Å²) in [6, 6.07) is 11.2. The summed E-state index contributed by atoms with van der Waals surface area (Å²) in [5.74, 6) is 1.03. The van der Waals surface area contributed by atoms with E-state index in [0.29, 0.717) is 0 Å². The summed E-state index contributed by atoms with van der Waals surface area (Å²) in [6.45, 7) is 8.81. The minimum absolute atomic E-state index is 0.207. The molecule has 20 heavy (non-hydrogen) atoms.